The first-order valence-electron chi connectivity index (χ1n) is 7.03. The fourth-order valence-corrected chi connectivity index (χ4v) is 2.20. The molecule has 3 unspecified atom stereocenters. The number of hydrogen-bond acceptors (Lipinski definition) is 3. The van der Waals surface area contributed by atoms with E-state index in [-0.39, 0.29) is 17.8 Å². The maximum absolute atomic E-state index is 11.0. The van der Waals surface area contributed by atoms with E-state index in [4.69, 9.17) is 0 Å². The third-order valence-electron chi connectivity index (χ3n) is 3.33. The molecule has 0 bridgehead atoms. The van der Waals surface area contributed by atoms with Gasteiger partial charge < -0.3 is 14.4 Å². The van der Waals surface area contributed by atoms with Crippen LogP contribution in [0.1, 0.15) is 58.8 Å². The van der Waals surface area contributed by atoms with E-state index in [0.717, 1.165) is 38.1 Å². The van der Waals surface area contributed by atoms with Crippen molar-refractivity contribution in [2.75, 3.05) is 0 Å². The maximum Gasteiger partial charge on any atom is 0.123 e. The lowest BCUT2D eigenvalue weighted by Gasteiger charge is -2.16. The Balaban J connectivity index is 4.02. The summed E-state index contributed by atoms with van der Waals surface area (Å²) >= 11 is 0. The first-order chi connectivity index (χ1) is 8.67. The number of carbonyl (C=O) groups is 3. The van der Waals surface area contributed by atoms with E-state index in [2.05, 4.69) is 6.92 Å². The van der Waals surface area contributed by atoms with Crippen LogP contribution in [-0.4, -0.2) is 18.9 Å². The van der Waals surface area contributed by atoms with Crippen LogP contribution in [0.2, 0.25) is 0 Å². The monoisotopic (exact) mass is 254 g/mol. The normalized spacial score (nSPS) is 15.7. The second-order valence-electron chi connectivity index (χ2n) is 5.23. The van der Waals surface area contributed by atoms with Crippen molar-refractivity contribution in [3.63, 3.8) is 0 Å². The zero-order valence-electron chi connectivity index (χ0n) is 11.6. The van der Waals surface area contributed by atoms with Crippen molar-refractivity contribution in [1.82, 2.24) is 0 Å². The van der Waals surface area contributed by atoms with Crippen LogP contribution in [0.15, 0.2) is 0 Å². The minimum Gasteiger partial charge on any atom is -0.303 e. The molecule has 0 aromatic carbocycles. The van der Waals surface area contributed by atoms with E-state index in [1.807, 2.05) is 0 Å². The van der Waals surface area contributed by atoms with Gasteiger partial charge >= 0.3 is 0 Å². The van der Waals surface area contributed by atoms with Gasteiger partial charge in [-0.15, -0.1) is 0 Å². The highest BCUT2D eigenvalue weighted by Gasteiger charge is 2.17. The van der Waals surface area contributed by atoms with Crippen molar-refractivity contribution in [3.8, 4) is 0 Å². The lowest BCUT2D eigenvalue weighted by molar-refractivity contribution is -0.115. The predicted molar refractivity (Wildman–Crippen MR) is 72.3 cm³/mol. The topological polar surface area (TPSA) is 51.2 Å². The molecule has 0 fully saturated rings. The molecule has 0 saturated carbocycles. The van der Waals surface area contributed by atoms with Gasteiger partial charge in [-0.25, -0.2) is 0 Å². The minimum atomic E-state index is -0.161. The Hall–Kier alpha value is -0.990. The molecule has 0 saturated heterocycles. The average molecular weight is 254 g/mol. The first kappa shape index (κ1) is 17.0. The van der Waals surface area contributed by atoms with Crippen LogP contribution < -0.4 is 0 Å². The Kier molecular flexibility index (Phi) is 10.5. The predicted octanol–water partition coefficient (Wildman–Crippen LogP) is 3.20. The Morgan fingerprint density at radius 2 is 1.50 bits per heavy atom. The largest absolute Gasteiger partial charge is 0.303 e. The van der Waals surface area contributed by atoms with Gasteiger partial charge in [0.2, 0.25) is 0 Å². The molecule has 0 N–H and O–H groups in total. The van der Waals surface area contributed by atoms with Gasteiger partial charge in [0, 0.05) is 17.8 Å². The van der Waals surface area contributed by atoms with Gasteiger partial charge in [0.05, 0.1) is 0 Å². The van der Waals surface area contributed by atoms with Gasteiger partial charge in [-0.05, 0) is 19.3 Å². The van der Waals surface area contributed by atoms with Gasteiger partial charge in [-0.1, -0.05) is 39.5 Å². The quantitative estimate of drug-likeness (QED) is 0.397. The van der Waals surface area contributed by atoms with Crippen LogP contribution in [0.3, 0.4) is 0 Å². The molecule has 0 heterocycles. The third-order valence-corrected chi connectivity index (χ3v) is 3.33. The molecule has 104 valence electrons. The standard InChI is InChI=1S/C15H26O3/c1-3-4-5-6-7-14(11-17)9-15(12-18)8-13(2)10-16/h10-15H,3-9H2,1-2H3. The molecule has 3 heteroatoms. The molecule has 3 nitrogen and oxygen atoms in total. The summed E-state index contributed by atoms with van der Waals surface area (Å²) in [5.74, 6) is -0.296. The number of rotatable bonds is 12. The second-order valence-corrected chi connectivity index (χ2v) is 5.23. The minimum absolute atomic E-state index is 0.0316. The summed E-state index contributed by atoms with van der Waals surface area (Å²) < 4.78 is 0. The summed E-state index contributed by atoms with van der Waals surface area (Å²) in [6.07, 6.45) is 9.32. The Bertz CT molecular complexity index is 238. The highest BCUT2D eigenvalue weighted by Crippen LogP contribution is 2.21. The summed E-state index contributed by atoms with van der Waals surface area (Å²) in [6, 6.07) is 0. The Morgan fingerprint density at radius 1 is 0.833 bits per heavy atom. The summed E-state index contributed by atoms with van der Waals surface area (Å²) in [5, 5.41) is 0. The maximum atomic E-state index is 11.0. The van der Waals surface area contributed by atoms with Crippen LogP contribution >= 0.6 is 0 Å². The van der Waals surface area contributed by atoms with Crippen molar-refractivity contribution in [2.24, 2.45) is 17.8 Å². The molecule has 0 aliphatic carbocycles. The van der Waals surface area contributed by atoms with Gasteiger partial charge in [0.15, 0.2) is 0 Å². The molecule has 0 aromatic heterocycles. The molecule has 0 rings (SSSR count). The highest BCUT2D eigenvalue weighted by molar-refractivity contribution is 5.59. The average Bonchev–Trinajstić information content (AvgIpc) is 2.40. The molecule has 0 amide bonds. The molecular formula is C15H26O3. The SMILES string of the molecule is CCCCCCC(C=O)CC(C=O)CC(C)C=O. The number of hydrogen-bond donors (Lipinski definition) is 0. The molecule has 3 atom stereocenters. The van der Waals surface area contributed by atoms with E-state index >= 15 is 0 Å². The Morgan fingerprint density at radius 3 is 2.00 bits per heavy atom. The lowest BCUT2D eigenvalue weighted by atomic mass is 9.87. The molecule has 18 heavy (non-hydrogen) atoms. The van der Waals surface area contributed by atoms with E-state index in [0.29, 0.717) is 12.8 Å². The molecule has 0 radical (unpaired) electrons. The molecule has 0 aromatic rings. The van der Waals surface area contributed by atoms with Crippen LogP contribution in [0, 0.1) is 17.8 Å². The zero-order chi connectivity index (χ0) is 13.8. The lowest BCUT2D eigenvalue weighted by Crippen LogP contribution is -2.15. The fourth-order valence-electron chi connectivity index (χ4n) is 2.20. The molecule has 0 aliphatic rings. The van der Waals surface area contributed by atoms with Gasteiger partial charge in [0.25, 0.3) is 0 Å². The van der Waals surface area contributed by atoms with Crippen molar-refractivity contribution in [2.45, 2.75) is 58.8 Å². The van der Waals surface area contributed by atoms with Crippen molar-refractivity contribution in [1.29, 1.82) is 0 Å². The van der Waals surface area contributed by atoms with Crippen LogP contribution in [0.25, 0.3) is 0 Å². The van der Waals surface area contributed by atoms with E-state index in [9.17, 15) is 14.4 Å². The number of aldehydes is 3. The first-order valence-corrected chi connectivity index (χ1v) is 7.03. The third kappa shape index (κ3) is 8.15. The van der Waals surface area contributed by atoms with Crippen LogP contribution in [0.5, 0.6) is 0 Å². The summed E-state index contributed by atoms with van der Waals surface area (Å²) in [4.78, 5) is 32.5. The van der Waals surface area contributed by atoms with Crippen molar-refractivity contribution >= 4 is 18.9 Å². The van der Waals surface area contributed by atoms with Crippen LogP contribution in [0.4, 0.5) is 0 Å². The summed E-state index contributed by atoms with van der Waals surface area (Å²) in [6.45, 7) is 3.96. The van der Waals surface area contributed by atoms with E-state index in [1.165, 1.54) is 12.8 Å². The number of carbonyl (C=O) groups excluding carboxylic acids is 3. The van der Waals surface area contributed by atoms with Gasteiger partial charge in [-0.2, -0.15) is 0 Å². The van der Waals surface area contributed by atoms with Gasteiger partial charge in [0.1, 0.15) is 18.9 Å². The summed E-state index contributed by atoms with van der Waals surface area (Å²) in [7, 11) is 0. The smallest absolute Gasteiger partial charge is 0.123 e. The van der Waals surface area contributed by atoms with Crippen molar-refractivity contribution in [3.05, 3.63) is 0 Å². The Labute approximate surface area is 110 Å². The van der Waals surface area contributed by atoms with Crippen molar-refractivity contribution < 1.29 is 14.4 Å². The molecule has 0 aliphatic heterocycles. The van der Waals surface area contributed by atoms with E-state index < -0.39 is 0 Å². The molecular weight excluding hydrogens is 228 g/mol. The highest BCUT2D eigenvalue weighted by atomic mass is 16.1. The van der Waals surface area contributed by atoms with Crippen LogP contribution in [-0.2, 0) is 14.4 Å². The fraction of sp³-hybridized carbons (Fsp3) is 0.800. The zero-order valence-corrected chi connectivity index (χ0v) is 11.6. The second kappa shape index (κ2) is 11.1. The van der Waals surface area contributed by atoms with Gasteiger partial charge in [-0.3, -0.25) is 0 Å². The summed E-state index contributed by atoms with van der Waals surface area (Å²) in [5.41, 5.74) is 0. The molecule has 0 spiro atoms. The van der Waals surface area contributed by atoms with E-state index in [1.54, 1.807) is 6.92 Å². The number of unbranched alkanes of at least 4 members (excludes halogenated alkanes) is 3.